The number of aliphatic imine (C=N–C) groups is 1. The van der Waals surface area contributed by atoms with Gasteiger partial charge in [0, 0.05) is 0 Å². The zero-order valence-corrected chi connectivity index (χ0v) is 7.43. The Balaban J connectivity index is 2.24. The van der Waals surface area contributed by atoms with Crippen molar-refractivity contribution >= 4 is 6.40 Å². The van der Waals surface area contributed by atoms with Crippen molar-refractivity contribution in [1.29, 1.82) is 0 Å². The molecule has 0 amide bonds. The molecule has 1 aliphatic heterocycles. The lowest BCUT2D eigenvalue weighted by atomic mass is 10.1. The second-order valence-corrected chi connectivity index (χ2v) is 2.88. The maximum Gasteiger partial charge on any atom is 0.170 e. The summed E-state index contributed by atoms with van der Waals surface area (Å²) in [5.41, 5.74) is 1.13. The number of rotatable bonds is 2. The summed E-state index contributed by atoms with van der Waals surface area (Å²) in [6.45, 7) is 0.632. The van der Waals surface area contributed by atoms with Gasteiger partial charge in [-0.1, -0.05) is 12.1 Å². The highest BCUT2D eigenvalue weighted by Crippen LogP contribution is 2.23. The smallest absolute Gasteiger partial charge is 0.170 e. The Labute approximate surface area is 77.0 Å². The third-order valence-corrected chi connectivity index (χ3v) is 2.05. The Morgan fingerprint density at radius 1 is 1.54 bits per heavy atom. The fourth-order valence-electron chi connectivity index (χ4n) is 1.32. The van der Waals surface area contributed by atoms with E-state index in [1.54, 1.807) is 7.11 Å². The summed E-state index contributed by atoms with van der Waals surface area (Å²) in [6.07, 6.45) is 1.50. The standard InChI is InChI=1S/C10H11NO2/c1-12-9-4-2-3-8(5-9)10-6-13-7-11-10/h2-5,7,10H,6H2,1H3. The molecule has 1 atom stereocenters. The average molecular weight is 177 g/mol. The SMILES string of the molecule is COc1cccc(C2COC=N2)c1. The topological polar surface area (TPSA) is 30.8 Å². The van der Waals surface area contributed by atoms with Crippen LogP contribution in [0.4, 0.5) is 0 Å². The molecule has 0 spiro atoms. The van der Waals surface area contributed by atoms with E-state index in [0.717, 1.165) is 11.3 Å². The first-order chi connectivity index (χ1) is 6.40. The Morgan fingerprint density at radius 2 is 2.46 bits per heavy atom. The Kier molecular flexibility index (Phi) is 2.17. The van der Waals surface area contributed by atoms with Crippen molar-refractivity contribution in [2.45, 2.75) is 6.04 Å². The van der Waals surface area contributed by atoms with Crippen LogP contribution in [-0.2, 0) is 4.74 Å². The van der Waals surface area contributed by atoms with Crippen LogP contribution in [0.2, 0.25) is 0 Å². The molecule has 1 unspecified atom stereocenters. The zero-order chi connectivity index (χ0) is 9.10. The van der Waals surface area contributed by atoms with E-state index in [2.05, 4.69) is 4.99 Å². The first-order valence-electron chi connectivity index (χ1n) is 4.17. The van der Waals surface area contributed by atoms with E-state index in [0.29, 0.717) is 6.61 Å². The molecule has 3 nitrogen and oxygen atoms in total. The highest BCUT2D eigenvalue weighted by atomic mass is 16.5. The van der Waals surface area contributed by atoms with Gasteiger partial charge in [-0.3, -0.25) is 0 Å². The maximum atomic E-state index is 5.12. The molecule has 1 heterocycles. The lowest BCUT2D eigenvalue weighted by Gasteiger charge is -2.07. The van der Waals surface area contributed by atoms with Crippen molar-refractivity contribution in [1.82, 2.24) is 0 Å². The van der Waals surface area contributed by atoms with Gasteiger partial charge in [0.15, 0.2) is 6.40 Å². The van der Waals surface area contributed by atoms with Gasteiger partial charge in [0.1, 0.15) is 18.4 Å². The minimum Gasteiger partial charge on any atom is -0.497 e. The van der Waals surface area contributed by atoms with E-state index < -0.39 is 0 Å². The van der Waals surface area contributed by atoms with Gasteiger partial charge < -0.3 is 9.47 Å². The molecule has 0 bridgehead atoms. The molecule has 3 heteroatoms. The van der Waals surface area contributed by atoms with Gasteiger partial charge in [-0.05, 0) is 17.7 Å². The Morgan fingerprint density at radius 3 is 3.15 bits per heavy atom. The molecule has 13 heavy (non-hydrogen) atoms. The van der Waals surface area contributed by atoms with Crippen molar-refractivity contribution in [3.8, 4) is 5.75 Å². The summed E-state index contributed by atoms with van der Waals surface area (Å²) in [5.74, 6) is 0.861. The van der Waals surface area contributed by atoms with Crippen molar-refractivity contribution in [2.75, 3.05) is 13.7 Å². The molecule has 0 saturated heterocycles. The number of benzene rings is 1. The van der Waals surface area contributed by atoms with Gasteiger partial charge in [-0.25, -0.2) is 4.99 Å². The first kappa shape index (κ1) is 8.10. The summed E-state index contributed by atoms with van der Waals surface area (Å²) < 4.78 is 10.2. The zero-order valence-electron chi connectivity index (χ0n) is 7.43. The minimum absolute atomic E-state index is 0.134. The quantitative estimate of drug-likeness (QED) is 0.689. The van der Waals surface area contributed by atoms with Crippen LogP contribution in [0.3, 0.4) is 0 Å². The van der Waals surface area contributed by atoms with Gasteiger partial charge in [0.2, 0.25) is 0 Å². The molecule has 0 radical (unpaired) electrons. The predicted molar refractivity (Wildman–Crippen MR) is 50.2 cm³/mol. The number of ether oxygens (including phenoxy) is 2. The van der Waals surface area contributed by atoms with Gasteiger partial charge in [-0.15, -0.1) is 0 Å². The molecule has 0 N–H and O–H groups in total. The number of hydrogen-bond donors (Lipinski definition) is 0. The van der Waals surface area contributed by atoms with Crippen LogP contribution in [0, 0.1) is 0 Å². The molecule has 0 fully saturated rings. The highest BCUT2D eigenvalue weighted by Gasteiger charge is 2.14. The summed E-state index contributed by atoms with van der Waals surface area (Å²) in [6, 6.07) is 8.02. The van der Waals surface area contributed by atoms with Crippen molar-refractivity contribution in [2.24, 2.45) is 4.99 Å². The molecule has 1 aromatic rings. The van der Waals surface area contributed by atoms with Crippen LogP contribution < -0.4 is 4.74 Å². The van der Waals surface area contributed by atoms with Gasteiger partial charge in [-0.2, -0.15) is 0 Å². The third kappa shape index (κ3) is 1.64. The van der Waals surface area contributed by atoms with Crippen molar-refractivity contribution < 1.29 is 9.47 Å². The number of hydrogen-bond acceptors (Lipinski definition) is 3. The minimum atomic E-state index is 0.134. The Bertz CT molecular complexity index is 322. The summed E-state index contributed by atoms with van der Waals surface area (Å²) in [7, 11) is 1.66. The van der Waals surface area contributed by atoms with Crippen molar-refractivity contribution in [3.63, 3.8) is 0 Å². The normalized spacial score (nSPS) is 19.9. The molecule has 0 saturated carbocycles. The van der Waals surface area contributed by atoms with Crippen LogP contribution in [0.5, 0.6) is 5.75 Å². The largest absolute Gasteiger partial charge is 0.497 e. The lowest BCUT2D eigenvalue weighted by Crippen LogP contribution is -1.97. The molecule has 1 aliphatic rings. The number of methoxy groups -OCH3 is 1. The van der Waals surface area contributed by atoms with Gasteiger partial charge in [0.05, 0.1) is 7.11 Å². The van der Waals surface area contributed by atoms with E-state index in [1.807, 2.05) is 24.3 Å². The summed E-state index contributed by atoms with van der Waals surface area (Å²) >= 11 is 0. The predicted octanol–water partition coefficient (Wildman–Crippen LogP) is 1.79. The van der Waals surface area contributed by atoms with E-state index >= 15 is 0 Å². The second kappa shape index (κ2) is 3.47. The Hall–Kier alpha value is -1.51. The van der Waals surface area contributed by atoms with Crippen LogP contribution in [0.1, 0.15) is 11.6 Å². The summed E-state index contributed by atoms with van der Waals surface area (Å²) in [5, 5.41) is 0. The van der Waals surface area contributed by atoms with E-state index in [-0.39, 0.29) is 6.04 Å². The van der Waals surface area contributed by atoms with Crippen LogP contribution >= 0.6 is 0 Å². The maximum absolute atomic E-state index is 5.12. The monoisotopic (exact) mass is 177 g/mol. The lowest BCUT2D eigenvalue weighted by molar-refractivity contribution is 0.330. The molecule has 1 aromatic carbocycles. The van der Waals surface area contributed by atoms with Crippen molar-refractivity contribution in [3.05, 3.63) is 29.8 Å². The average Bonchev–Trinajstić information content (AvgIpc) is 2.71. The van der Waals surface area contributed by atoms with Crippen LogP contribution in [0.25, 0.3) is 0 Å². The first-order valence-corrected chi connectivity index (χ1v) is 4.17. The fourth-order valence-corrected chi connectivity index (χ4v) is 1.32. The van der Waals surface area contributed by atoms with E-state index in [4.69, 9.17) is 9.47 Å². The van der Waals surface area contributed by atoms with E-state index in [9.17, 15) is 0 Å². The third-order valence-electron chi connectivity index (χ3n) is 2.05. The fraction of sp³-hybridized carbons (Fsp3) is 0.300. The summed E-state index contributed by atoms with van der Waals surface area (Å²) in [4.78, 5) is 4.18. The highest BCUT2D eigenvalue weighted by molar-refractivity contribution is 5.50. The van der Waals surface area contributed by atoms with E-state index in [1.165, 1.54) is 6.40 Å². The van der Waals surface area contributed by atoms with Crippen LogP contribution in [-0.4, -0.2) is 20.1 Å². The van der Waals surface area contributed by atoms with Gasteiger partial charge in [0.25, 0.3) is 0 Å². The molecule has 68 valence electrons. The van der Waals surface area contributed by atoms with Crippen LogP contribution in [0.15, 0.2) is 29.3 Å². The second-order valence-electron chi connectivity index (χ2n) is 2.88. The number of nitrogens with zero attached hydrogens (tertiary/aromatic N) is 1. The van der Waals surface area contributed by atoms with Gasteiger partial charge >= 0.3 is 0 Å². The molecule has 2 rings (SSSR count). The molecule has 0 aliphatic carbocycles. The molecular formula is C10H11NO2. The molecule has 0 aromatic heterocycles. The molecular weight excluding hydrogens is 166 g/mol.